The summed E-state index contributed by atoms with van der Waals surface area (Å²) in [7, 11) is 0. The van der Waals surface area contributed by atoms with Crippen molar-refractivity contribution in [1.29, 1.82) is 0 Å². The molecule has 11 nitrogen and oxygen atoms in total. The van der Waals surface area contributed by atoms with Crippen LogP contribution < -0.4 is 4.74 Å². The summed E-state index contributed by atoms with van der Waals surface area (Å²) in [5.41, 5.74) is -0.280. The van der Waals surface area contributed by atoms with Gasteiger partial charge in [-0.3, -0.25) is 9.59 Å². The molecule has 1 spiro atoms. The Balaban J connectivity index is 1.38. The number of carboxylic acids is 1. The van der Waals surface area contributed by atoms with Crippen LogP contribution in [-0.2, 0) is 45.2 Å². The number of carboxylic acid groups (broad SMARTS) is 1. The summed E-state index contributed by atoms with van der Waals surface area (Å²) < 4.78 is 21.6. The van der Waals surface area contributed by atoms with Gasteiger partial charge in [0.25, 0.3) is 0 Å². The van der Waals surface area contributed by atoms with Gasteiger partial charge in [0.15, 0.2) is 23.7 Å². The molecule has 0 aromatic heterocycles. The minimum absolute atomic E-state index is 0.0174. The first kappa shape index (κ1) is 25.1. The first-order valence-corrected chi connectivity index (χ1v) is 12.2. The summed E-state index contributed by atoms with van der Waals surface area (Å²) in [4.78, 5) is 47.6. The monoisotopic (exact) mass is 516 g/mol. The Hall–Kier alpha value is -3.60. The zero-order valence-corrected chi connectivity index (χ0v) is 20.4. The van der Waals surface area contributed by atoms with Crippen molar-refractivity contribution in [3.63, 3.8) is 0 Å². The van der Waals surface area contributed by atoms with Gasteiger partial charge in [0, 0.05) is 12.5 Å². The highest BCUT2D eigenvalue weighted by molar-refractivity contribution is 5.86. The topological polar surface area (TPSA) is 166 Å². The Bertz CT molecular complexity index is 1200. The third kappa shape index (κ3) is 3.75. The number of hydrogen-bond donors (Lipinski definition) is 3. The lowest BCUT2D eigenvalue weighted by atomic mass is 9.47. The molecule has 37 heavy (non-hydrogen) atoms. The van der Waals surface area contributed by atoms with Crippen LogP contribution in [0.15, 0.2) is 24.0 Å². The van der Waals surface area contributed by atoms with Crippen LogP contribution >= 0.6 is 0 Å². The lowest BCUT2D eigenvalue weighted by molar-refractivity contribution is -0.180. The number of benzene rings is 1. The molecule has 1 aromatic carbocycles. The summed E-state index contributed by atoms with van der Waals surface area (Å²) in [6, 6.07) is 3.41. The van der Waals surface area contributed by atoms with E-state index >= 15 is 0 Å². The Morgan fingerprint density at radius 2 is 1.95 bits per heavy atom. The van der Waals surface area contributed by atoms with Crippen LogP contribution in [0.1, 0.15) is 57.1 Å². The SMILES string of the molecule is CC(=O)O[C@@H](CC(=O)O)C(=O)O[C@@H](C)C(=O)OC1=CC[C@@]2(O)[C@@H]3CCC[C@@]24c2c(ccc(O)c2O[C@@H]14)C3. The summed E-state index contributed by atoms with van der Waals surface area (Å²) in [5, 5.41) is 31.5. The Kier molecular flexibility index (Phi) is 5.93. The maximum atomic E-state index is 12.9. The van der Waals surface area contributed by atoms with E-state index in [1.807, 2.05) is 6.07 Å². The molecule has 0 amide bonds. The van der Waals surface area contributed by atoms with Crippen molar-refractivity contribution in [3.05, 3.63) is 35.1 Å². The largest absolute Gasteiger partial charge is 0.504 e. The second-order valence-electron chi connectivity index (χ2n) is 10.1. The molecule has 1 heterocycles. The van der Waals surface area contributed by atoms with Gasteiger partial charge in [-0.25, -0.2) is 9.59 Å². The van der Waals surface area contributed by atoms with E-state index in [1.165, 1.54) is 6.92 Å². The molecule has 6 atom stereocenters. The Morgan fingerprint density at radius 1 is 1.19 bits per heavy atom. The highest BCUT2D eigenvalue weighted by Crippen LogP contribution is 2.67. The lowest BCUT2D eigenvalue weighted by Crippen LogP contribution is -2.67. The van der Waals surface area contributed by atoms with E-state index < -0.39 is 59.6 Å². The fourth-order valence-corrected chi connectivity index (χ4v) is 6.56. The van der Waals surface area contributed by atoms with Crippen molar-refractivity contribution in [2.45, 2.75) is 81.7 Å². The molecule has 2 bridgehead atoms. The van der Waals surface area contributed by atoms with Crippen LogP contribution in [0.2, 0.25) is 0 Å². The predicted molar refractivity (Wildman–Crippen MR) is 122 cm³/mol. The fraction of sp³-hybridized carbons (Fsp3) is 0.538. The molecule has 1 aliphatic heterocycles. The first-order valence-electron chi connectivity index (χ1n) is 12.2. The Morgan fingerprint density at radius 3 is 2.65 bits per heavy atom. The van der Waals surface area contributed by atoms with Crippen LogP contribution in [0.5, 0.6) is 11.5 Å². The number of rotatable bonds is 7. The number of ether oxygens (including phenoxy) is 4. The van der Waals surface area contributed by atoms with E-state index in [-0.39, 0.29) is 29.6 Å². The molecule has 11 heteroatoms. The van der Waals surface area contributed by atoms with Gasteiger partial charge in [0.05, 0.1) is 17.4 Å². The molecule has 1 saturated carbocycles. The van der Waals surface area contributed by atoms with Gasteiger partial charge in [0.2, 0.25) is 6.10 Å². The first-order chi connectivity index (χ1) is 17.5. The van der Waals surface area contributed by atoms with E-state index in [9.17, 15) is 29.4 Å². The second kappa shape index (κ2) is 8.76. The molecule has 5 rings (SSSR count). The molecule has 0 radical (unpaired) electrons. The normalized spacial score (nSPS) is 30.1. The van der Waals surface area contributed by atoms with Gasteiger partial charge in [-0.1, -0.05) is 12.5 Å². The quantitative estimate of drug-likeness (QED) is 0.356. The van der Waals surface area contributed by atoms with E-state index in [0.29, 0.717) is 12.8 Å². The summed E-state index contributed by atoms with van der Waals surface area (Å²) in [6.45, 7) is 2.26. The van der Waals surface area contributed by atoms with Crippen LogP contribution in [0.3, 0.4) is 0 Å². The molecule has 0 saturated heterocycles. The number of hydrogen-bond acceptors (Lipinski definition) is 10. The van der Waals surface area contributed by atoms with Gasteiger partial charge in [-0.2, -0.15) is 0 Å². The maximum absolute atomic E-state index is 12.9. The summed E-state index contributed by atoms with van der Waals surface area (Å²) in [6.07, 6.45) is -0.144. The number of carbonyl (C=O) groups excluding carboxylic acids is 3. The molecule has 4 aliphatic rings. The van der Waals surface area contributed by atoms with Gasteiger partial charge >= 0.3 is 23.9 Å². The molecule has 3 N–H and O–H groups in total. The lowest BCUT2D eigenvalue weighted by Gasteiger charge is -2.59. The van der Waals surface area contributed by atoms with Gasteiger partial charge < -0.3 is 34.3 Å². The number of aliphatic carboxylic acids is 1. The van der Waals surface area contributed by atoms with E-state index in [1.54, 1.807) is 12.1 Å². The van der Waals surface area contributed by atoms with Crippen molar-refractivity contribution in [2.75, 3.05) is 0 Å². The predicted octanol–water partition coefficient (Wildman–Crippen LogP) is 1.65. The van der Waals surface area contributed by atoms with Crippen LogP contribution in [0, 0.1) is 5.92 Å². The van der Waals surface area contributed by atoms with E-state index in [0.717, 1.165) is 30.9 Å². The fourth-order valence-electron chi connectivity index (χ4n) is 6.56. The Labute approximate surface area is 212 Å². The van der Waals surface area contributed by atoms with Crippen molar-refractivity contribution in [2.24, 2.45) is 5.92 Å². The number of phenolic OH excluding ortho intramolecular Hbond substituents is 1. The third-order valence-electron chi connectivity index (χ3n) is 8.04. The van der Waals surface area contributed by atoms with Crippen molar-refractivity contribution in [3.8, 4) is 11.5 Å². The maximum Gasteiger partial charge on any atom is 0.352 e. The minimum atomic E-state index is -1.72. The summed E-state index contributed by atoms with van der Waals surface area (Å²) in [5.74, 6) is -4.08. The van der Waals surface area contributed by atoms with Gasteiger partial charge in [0.1, 0.15) is 5.76 Å². The smallest absolute Gasteiger partial charge is 0.352 e. The van der Waals surface area contributed by atoms with Crippen molar-refractivity contribution in [1.82, 2.24) is 0 Å². The van der Waals surface area contributed by atoms with Crippen LogP contribution in [0.4, 0.5) is 0 Å². The number of aliphatic hydroxyl groups is 1. The van der Waals surface area contributed by atoms with Gasteiger partial charge in [-0.05, 0) is 56.2 Å². The molecule has 198 valence electrons. The third-order valence-corrected chi connectivity index (χ3v) is 8.04. The van der Waals surface area contributed by atoms with Crippen LogP contribution in [-0.4, -0.2) is 63.1 Å². The standard InChI is InChI=1S/C26H28O11/c1-12(34-24(32)18(11-19(29)30)35-13(2)27)23(31)36-17-7-9-26(33)15-4-3-8-25(26)20-14(10-15)5-6-16(28)21(20)37-22(17)25/h5-7,12,15,18,22,28,33H,3-4,8-11H2,1-2H3,(H,29,30)/t12-,15+,18-,22-,25-,26+/m0/s1. The van der Waals surface area contributed by atoms with E-state index in [4.69, 9.17) is 24.1 Å². The summed E-state index contributed by atoms with van der Waals surface area (Å²) >= 11 is 0. The number of esters is 3. The second-order valence-corrected chi connectivity index (χ2v) is 10.1. The highest BCUT2D eigenvalue weighted by atomic mass is 16.6. The average Bonchev–Trinajstić information content (AvgIpc) is 3.16. The molecule has 1 aromatic rings. The molecular formula is C26H28O11. The van der Waals surface area contributed by atoms with Crippen molar-refractivity contribution < 1.29 is 53.4 Å². The number of aromatic hydroxyl groups is 1. The number of phenols is 1. The zero-order chi connectivity index (χ0) is 26.7. The molecule has 1 fully saturated rings. The highest BCUT2D eigenvalue weighted by Gasteiger charge is 2.70. The van der Waals surface area contributed by atoms with Crippen molar-refractivity contribution >= 4 is 23.9 Å². The van der Waals surface area contributed by atoms with Gasteiger partial charge in [-0.15, -0.1) is 0 Å². The number of carbonyl (C=O) groups is 4. The zero-order valence-electron chi connectivity index (χ0n) is 20.4. The van der Waals surface area contributed by atoms with E-state index in [2.05, 4.69) is 0 Å². The van der Waals surface area contributed by atoms with Crippen LogP contribution in [0.25, 0.3) is 0 Å². The molecule has 3 aliphatic carbocycles. The minimum Gasteiger partial charge on any atom is -0.504 e. The molecular weight excluding hydrogens is 488 g/mol. The average molecular weight is 516 g/mol. The molecule has 0 unspecified atom stereocenters.